The van der Waals surface area contributed by atoms with Crippen molar-refractivity contribution in [1.82, 2.24) is 5.01 Å². The van der Waals surface area contributed by atoms with E-state index in [1.165, 1.54) is 10.4 Å². The zero-order valence-electron chi connectivity index (χ0n) is 14.7. The molecule has 0 unspecified atom stereocenters. The van der Waals surface area contributed by atoms with Gasteiger partial charge in [-0.15, -0.1) is 11.3 Å². The van der Waals surface area contributed by atoms with Crippen molar-refractivity contribution in [3.8, 4) is 17.2 Å². The summed E-state index contributed by atoms with van der Waals surface area (Å²) in [6, 6.07) is 16.5. The van der Waals surface area contributed by atoms with Crippen molar-refractivity contribution in [3.63, 3.8) is 0 Å². The quantitative estimate of drug-likeness (QED) is 0.513. The van der Waals surface area contributed by atoms with Crippen LogP contribution in [0.4, 0.5) is 0 Å². The molecular formula is C21H15BrN2O3S. The van der Waals surface area contributed by atoms with Gasteiger partial charge < -0.3 is 14.2 Å². The lowest BCUT2D eigenvalue weighted by Crippen LogP contribution is -2.33. The molecule has 0 amide bonds. The second-order valence-corrected chi connectivity index (χ2v) is 8.66. The Hall–Kier alpha value is -2.51. The van der Waals surface area contributed by atoms with Crippen LogP contribution in [0.5, 0.6) is 17.2 Å². The molecule has 2 atom stereocenters. The number of benzene rings is 2. The van der Waals surface area contributed by atoms with Crippen molar-refractivity contribution in [2.24, 2.45) is 5.10 Å². The van der Waals surface area contributed by atoms with E-state index in [4.69, 9.17) is 19.3 Å². The predicted molar refractivity (Wildman–Crippen MR) is 110 cm³/mol. The van der Waals surface area contributed by atoms with Crippen LogP contribution in [0.1, 0.15) is 34.7 Å². The number of hydrogen-bond donors (Lipinski definition) is 0. The number of thiophene rings is 1. The molecular weight excluding hydrogens is 440 g/mol. The molecule has 0 spiro atoms. The predicted octanol–water partition coefficient (Wildman–Crippen LogP) is 5.48. The van der Waals surface area contributed by atoms with E-state index < -0.39 is 0 Å². The van der Waals surface area contributed by atoms with E-state index in [9.17, 15) is 0 Å². The molecule has 3 aliphatic heterocycles. The van der Waals surface area contributed by atoms with Gasteiger partial charge in [-0.3, -0.25) is 0 Å². The highest BCUT2D eigenvalue weighted by atomic mass is 79.9. The van der Waals surface area contributed by atoms with Crippen molar-refractivity contribution in [3.05, 3.63) is 74.4 Å². The fourth-order valence-electron chi connectivity index (χ4n) is 3.95. The minimum atomic E-state index is -0.346. The Bertz CT molecular complexity index is 1100. The molecule has 0 aliphatic carbocycles. The average molecular weight is 455 g/mol. The van der Waals surface area contributed by atoms with Crippen LogP contribution in [0.2, 0.25) is 0 Å². The third kappa shape index (κ3) is 2.46. The first-order valence-corrected chi connectivity index (χ1v) is 10.7. The van der Waals surface area contributed by atoms with Crippen LogP contribution in [0.25, 0.3) is 0 Å². The summed E-state index contributed by atoms with van der Waals surface area (Å²) in [5, 5.41) is 9.16. The first-order chi connectivity index (χ1) is 13.8. The highest BCUT2D eigenvalue weighted by molar-refractivity contribution is 9.10. The third-order valence-electron chi connectivity index (χ3n) is 5.26. The second-order valence-electron chi connectivity index (χ2n) is 6.86. The maximum atomic E-state index is 6.43. The summed E-state index contributed by atoms with van der Waals surface area (Å²) in [4.78, 5) is 1.20. The highest BCUT2D eigenvalue weighted by Gasteiger charge is 2.42. The van der Waals surface area contributed by atoms with Crippen LogP contribution in [0, 0.1) is 0 Å². The van der Waals surface area contributed by atoms with Gasteiger partial charge in [0.1, 0.15) is 5.75 Å². The smallest absolute Gasteiger partial charge is 0.231 e. The second kappa shape index (κ2) is 6.25. The lowest BCUT2D eigenvalue weighted by Gasteiger charge is -2.38. The normalized spacial score (nSPS) is 21.8. The van der Waals surface area contributed by atoms with Gasteiger partial charge in [0, 0.05) is 22.0 Å². The summed E-state index contributed by atoms with van der Waals surface area (Å²) in [6.45, 7) is 0.243. The molecule has 0 saturated carbocycles. The van der Waals surface area contributed by atoms with E-state index >= 15 is 0 Å². The minimum Gasteiger partial charge on any atom is -0.464 e. The van der Waals surface area contributed by atoms with Gasteiger partial charge in [0.15, 0.2) is 11.5 Å². The Labute approximate surface area is 174 Å². The monoisotopic (exact) mass is 454 g/mol. The van der Waals surface area contributed by atoms with E-state index in [1.807, 2.05) is 24.3 Å². The summed E-state index contributed by atoms with van der Waals surface area (Å²) < 4.78 is 18.4. The standard InChI is InChI=1S/C21H15BrN2O3S/c22-14-9-19-18(25-11-26-19)8-13(14)21-24-16(12-4-1-2-5-17(12)27-21)10-15(23-24)20-6-3-7-28-20/h1-9,16,21H,10-11H2/t16-,21-/m1/s1. The Balaban J connectivity index is 1.48. The zero-order chi connectivity index (χ0) is 18.7. The van der Waals surface area contributed by atoms with Crippen LogP contribution in [0.3, 0.4) is 0 Å². The summed E-state index contributed by atoms with van der Waals surface area (Å²) in [5.41, 5.74) is 3.24. The van der Waals surface area contributed by atoms with Gasteiger partial charge in [-0.1, -0.05) is 40.2 Å². The maximum absolute atomic E-state index is 6.43. The molecule has 3 aromatic rings. The maximum Gasteiger partial charge on any atom is 0.231 e. The summed E-state index contributed by atoms with van der Waals surface area (Å²) >= 11 is 5.41. The molecule has 3 aliphatic rings. The average Bonchev–Trinajstić information content (AvgIpc) is 3.45. The van der Waals surface area contributed by atoms with Crippen molar-refractivity contribution >= 4 is 33.0 Å². The topological polar surface area (TPSA) is 43.3 Å². The van der Waals surface area contributed by atoms with Crippen LogP contribution >= 0.6 is 27.3 Å². The van der Waals surface area contributed by atoms with Crippen molar-refractivity contribution in [2.75, 3.05) is 6.79 Å². The molecule has 140 valence electrons. The molecule has 0 bridgehead atoms. The molecule has 5 nitrogen and oxygen atoms in total. The zero-order valence-corrected chi connectivity index (χ0v) is 17.1. The Morgan fingerprint density at radius 2 is 1.86 bits per heavy atom. The Kier molecular flexibility index (Phi) is 3.67. The number of halogens is 1. The molecule has 28 heavy (non-hydrogen) atoms. The number of ether oxygens (including phenoxy) is 3. The van der Waals surface area contributed by atoms with Gasteiger partial charge in [-0.25, -0.2) is 5.01 Å². The van der Waals surface area contributed by atoms with Crippen LogP contribution in [0.15, 0.2) is 63.5 Å². The molecule has 1 aromatic heterocycles. The molecule has 0 saturated heterocycles. The van der Waals surface area contributed by atoms with E-state index in [2.05, 4.69) is 50.6 Å². The largest absolute Gasteiger partial charge is 0.464 e. The number of para-hydroxylation sites is 1. The van der Waals surface area contributed by atoms with Crippen molar-refractivity contribution < 1.29 is 14.2 Å². The van der Waals surface area contributed by atoms with Gasteiger partial charge in [-0.2, -0.15) is 5.10 Å². The SMILES string of the molecule is Brc1cc2c(cc1[C@H]1Oc3ccccc3[C@H]3CC(c4cccs4)=NN31)OCO2. The molecule has 0 fully saturated rings. The molecule has 7 heteroatoms. The number of rotatable bonds is 2. The number of hydrazone groups is 1. The summed E-state index contributed by atoms with van der Waals surface area (Å²) in [5.74, 6) is 2.38. The van der Waals surface area contributed by atoms with Crippen LogP contribution in [-0.4, -0.2) is 17.5 Å². The van der Waals surface area contributed by atoms with Gasteiger partial charge in [0.05, 0.1) is 16.6 Å². The Morgan fingerprint density at radius 3 is 2.71 bits per heavy atom. The van der Waals surface area contributed by atoms with Gasteiger partial charge in [0.2, 0.25) is 13.0 Å². The molecule has 0 radical (unpaired) electrons. The van der Waals surface area contributed by atoms with Crippen LogP contribution < -0.4 is 14.2 Å². The van der Waals surface area contributed by atoms with E-state index in [0.29, 0.717) is 0 Å². The summed E-state index contributed by atoms with van der Waals surface area (Å²) in [7, 11) is 0. The van der Waals surface area contributed by atoms with Gasteiger partial charge >= 0.3 is 0 Å². The van der Waals surface area contributed by atoms with E-state index in [1.54, 1.807) is 11.3 Å². The molecule has 0 N–H and O–H groups in total. The molecule has 2 aromatic carbocycles. The number of fused-ring (bicyclic) bond motifs is 4. The molecule has 6 rings (SSSR count). The van der Waals surface area contributed by atoms with Crippen LogP contribution in [-0.2, 0) is 0 Å². The number of nitrogens with zero attached hydrogens (tertiary/aromatic N) is 2. The third-order valence-corrected chi connectivity index (χ3v) is 6.87. The van der Waals surface area contributed by atoms with Gasteiger partial charge in [-0.05, 0) is 29.6 Å². The minimum absolute atomic E-state index is 0.143. The van der Waals surface area contributed by atoms with E-state index in [0.717, 1.165) is 39.4 Å². The van der Waals surface area contributed by atoms with Gasteiger partial charge in [0.25, 0.3) is 0 Å². The molecule has 4 heterocycles. The van der Waals surface area contributed by atoms with E-state index in [-0.39, 0.29) is 19.1 Å². The number of hydrogen-bond acceptors (Lipinski definition) is 6. The highest BCUT2D eigenvalue weighted by Crippen LogP contribution is 2.50. The fraction of sp³-hybridized carbons (Fsp3) is 0.190. The lowest BCUT2D eigenvalue weighted by atomic mass is 9.97. The Morgan fingerprint density at radius 1 is 1.00 bits per heavy atom. The first-order valence-electron chi connectivity index (χ1n) is 9.02. The van der Waals surface area contributed by atoms with Crippen molar-refractivity contribution in [1.29, 1.82) is 0 Å². The van der Waals surface area contributed by atoms with Crippen molar-refractivity contribution in [2.45, 2.75) is 18.7 Å². The fourth-order valence-corrected chi connectivity index (χ4v) is 5.19. The lowest BCUT2D eigenvalue weighted by molar-refractivity contribution is -0.0195. The summed E-state index contributed by atoms with van der Waals surface area (Å²) in [6.07, 6.45) is 0.515. The first kappa shape index (κ1) is 16.4.